The van der Waals surface area contributed by atoms with Crippen LogP contribution in [0.3, 0.4) is 0 Å². The van der Waals surface area contributed by atoms with Crippen LogP contribution in [0.2, 0.25) is 0 Å². The largest absolute Gasteiger partial charge is 0.464 e. The second kappa shape index (κ2) is 6.74. The van der Waals surface area contributed by atoms with Gasteiger partial charge in [0.15, 0.2) is 0 Å². The quantitative estimate of drug-likeness (QED) is 0.462. The van der Waals surface area contributed by atoms with Gasteiger partial charge in [0, 0.05) is 29.7 Å². The zero-order valence-electron chi connectivity index (χ0n) is 15.9. The fourth-order valence-corrected chi connectivity index (χ4v) is 3.97. The van der Waals surface area contributed by atoms with Crippen molar-refractivity contribution in [3.05, 3.63) is 105 Å². The van der Waals surface area contributed by atoms with Crippen molar-refractivity contribution in [3.8, 4) is 5.75 Å². The minimum Gasteiger partial charge on any atom is -0.464 e. The van der Waals surface area contributed by atoms with E-state index < -0.39 is 6.23 Å². The van der Waals surface area contributed by atoms with E-state index in [2.05, 4.69) is 37.3 Å². The molecule has 2 aliphatic rings. The lowest BCUT2D eigenvalue weighted by Crippen LogP contribution is -2.33. The van der Waals surface area contributed by atoms with Gasteiger partial charge < -0.3 is 4.74 Å². The molecule has 3 aromatic rings. The Kier molecular flexibility index (Phi) is 4.05. The van der Waals surface area contributed by atoms with E-state index >= 15 is 0 Å². The van der Waals surface area contributed by atoms with Crippen LogP contribution in [-0.4, -0.2) is 15.6 Å². The zero-order chi connectivity index (χ0) is 20.0. The molecule has 6 nitrogen and oxygen atoms in total. The van der Waals surface area contributed by atoms with Crippen LogP contribution in [0.5, 0.6) is 5.75 Å². The molecule has 0 fully saturated rings. The van der Waals surface area contributed by atoms with Crippen molar-refractivity contribution in [2.45, 2.75) is 25.6 Å². The van der Waals surface area contributed by atoms with E-state index in [9.17, 15) is 10.1 Å². The molecule has 6 heteroatoms. The number of hydrogen-bond donors (Lipinski definition) is 0. The molecule has 0 radical (unpaired) electrons. The van der Waals surface area contributed by atoms with Gasteiger partial charge >= 0.3 is 0 Å². The van der Waals surface area contributed by atoms with Gasteiger partial charge in [-0.05, 0) is 18.6 Å². The number of para-hydroxylation sites is 1. The number of non-ortho nitro benzene ring substituents is 1. The first kappa shape index (κ1) is 17.4. The van der Waals surface area contributed by atoms with E-state index in [4.69, 9.17) is 9.84 Å². The predicted octanol–water partition coefficient (Wildman–Crippen LogP) is 5.15. The Bertz CT molecular complexity index is 1120. The van der Waals surface area contributed by atoms with Gasteiger partial charge in [-0.25, -0.2) is 5.01 Å². The molecule has 2 unspecified atom stereocenters. The van der Waals surface area contributed by atoms with Crippen LogP contribution in [0.25, 0.3) is 0 Å². The maximum absolute atomic E-state index is 11.3. The van der Waals surface area contributed by atoms with Crippen molar-refractivity contribution < 1.29 is 9.66 Å². The summed E-state index contributed by atoms with van der Waals surface area (Å²) >= 11 is 0. The highest BCUT2D eigenvalue weighted by Crippen LogP contribution is 2.47. The van der Waals surface area contributed by atoms with Crippen LogP contribution in [0.4, 0.5) is 5.69 Å². The molecule has 0 aromatic heterocycles. The summed E-state index contributed by atoms with van der Waals surface area (Å²) in [7, 11) is 0. The fraction of sp³-hybridized carbons (Fsp3) is 0.174. The summed E-state index contributed by atoms with van der Waals surface area (Å²) < 4.78 is 6.27. The lowest BCUT2D eigenvalue weighted by Gasteiger charge is -2.38. The van der Waals surface area contributed by atoms with Crippen molar-refractivity contribution in [1.82, 2.24) is 5.01 Å². The Hall–Kier alpha value is -3.67. The molecule has 2 atom stereocenters. The minimum atomic E-state index is -0.516. The summed E-state index contributed by atoms with van der Waals surface area (Å²) in [5, 5.41) is 18.1. The van der Waals surface area contributed by atoms with E-state index in [1.807, 2.05) is 29.3 Å². The summed E-state index contributed by atoms with van der Waals surface area (Å²) in [6.45, 7) is 2.06. The first-order valence-electron chi connectivity index (χ1n) is 9.53. The smallest absolute Gasteiger partial charge is 0.269 e. The molecule has 2 heterocycles. The van der Waals surface area contributed by atoms with Crippen LogP contribution in [-0.2, 0) is 0 Å². The average Bonchev–Trinajstić information content (AvgIpc) is 3.19. The molecule has 0 saturated heterocycles. The molecule has 29 heavy (non-hydrogen) atoms. The molecular formula is C23H19N3O3. The van der Waals surface area contributed by atoms with Gasteiger partial charge in [-0.15, -0.1) is 0 Å². The molecule has 0 aliphatic carbocycles. The maximum Gasteiger partial charge on any atom is 0.269 e. The highest BCUT2D eigenvalue weighted by atomic mass is 16.6. The van der Waals surface area contributed by atoms with Crippen LogP contribution in [0.15, 0.2) is 77.9 Å². The number of aryl methyl sites for hydroxylation is 1. The van der Waals surface area contributed by atoms with Gasteiger partial charge in [0.1, 0.15) is 5.75 Å². The van der Waals surface area contributed by atoms with Gasteiger partial charge in [-0.2, -0.15) is 5.10 Å². The van der Waals surface area contributed by atoms with Crippen molar-refractivity contribution in [2.75, 3.05) is 0 Å². The standard InChI is InChI=1S/C23H19N3O3/c1-15-9-11-16(12-10-15)20-14-21-19-7-2-3-8-22(19)29-23(25(21)24-20)17-5-4-6-18(13-17)26(27)28/h2-13,21,23H,14H2,1H3. The molecule has 2 aliphatic heterocycles. The van der Waals surface area contributed by atoms with Gasteiger partial charge in [0.25, 0.3) is 5.69 Å². The Balaban J connectivity index is 1.59. The Labute approximate surface area is 168 Å². The second-order valence-electron chi connectivity index (χ2n) is 7.37. The SMILES string of the molecule is Cc1ccc(C2=NN3C(C2)c2ccccc2OC3c2cccc([N+](=O)[O-])c2)cc1. The first-order valence-corrected chi connectivity index (χ1v) is 9.53. The maximum atomic E-state index is 11.3. The summed E-state index contributed by atoms with van der Waals surface area (Å²) in [6.07, 6.45) is 0.243. The average molecular weight is 385 g/mol. The van der Waals surface area contributed by atoms with Gasteiger partial charge in [-0.3, -0.25) is 10.1 Å². The van der Waals surface area contributed by atoms with Crippen LogP contribution < -0.4 is 4.74 Å². The van der Waals surface area contributed by atoms with E-state index in [0.717, 1.165) is 29.0 Å². The summed E-state index contributed by atoms with van der Waals surface area (Å²) in [5.74, 6) is 0.797. The number of hydrazone groups is 1. The number of nitrogens with zero attached hydrogens (tertiary/aromatic N) is 3. The highest BCUT2D eigenvalue weighted by Gasteiger charge is 2.41. The number of benzene rings is 3. The van der Waals surface area contributed by atoms with E-state index in [1.54, 1.807) is 12.1 Å². The third-order valence-corrected chi connectivity index (χ3v) is 5.45. The van der Waals surface area contributed by atoms with Gasteiger partial charge in [0.05, 0.1) is 16.7 Å². The monoisotopic (exact) mass is 385 g/mol. The number of hydrogen-bond acceptors (Lipinski definition) is 5. The third-order valence-electron chi connectivity index (χ3n) is 5.45. The summed E-state index contributed by atoms with van der Waals surface area (Å²) in [5.41, 5.74) is 5.12. The van der Waals surface area contributed by atoms with E-state index in [1.165, 1.54) is 11.6 Å². The summed E-state index contributed by atoms with van der Waals surface area (Å²) in [4.78, 5) is 10.9. The molecule has 0 spiro atoms. The molecule has 3 aromatic carbocycles. The number of rotatable bonds is 3. The Morgan fingerprint density at radius 2 is 1.86 bits per heavy atom. The summed E-state index contributed by atoms with van der Waals surface area (Å²) in [6, 6.07) is 22.9. The molecule has 144 valence electrons. The Morgan fingerprint density at radius 3 is 2.66 bits per heavy atom. The third kappa shape index (κ3) is 3.02. The number of nitro benzene ring substituents is 1. The van der Waals surface area contributed by atoms with Gasteiger partial charge in [0.2, 0.25) is 6.23 Å². The molecule has 0 amide bonds. The Morgan fingerprint density at radius 1 is 1.07 bits per heavy atom. The lowest BCUT2D eigenvalue weighted by atomic mass is 9.95. The van der Waals surface area contributed by atoms with Crippen molar-refractivity contribution in [3.63, 3.8) is 0 Å². The van der Waals surface area contributed by atoms with E-state index in [-0.39, 0.29) is 16.7 Å². The van der Waals surface area contributed by atoms with Gasteiger partial charge in [-0.1, -0.05) is 60.2 Å². The highest BCUT2D eigenvalue weighted by molar-refractivity contribution is 6.02. The fourth-order valence-electron chi connectivity index (χ4n) is 3.97. The van der Waals surface area contributed by atoms with Crippen molar-refractivity contribution in [1.29, 1.82) is 0 Å². The second-order valence-corrected chi connectivity index (χ2v) is 7.37. The zero-order valence-corrected chi connectivity index (χ0v) is 15.9. The molecule has 0 N–H and O–H groups in total. The van der Waals surface area contributed by atoms with E-state index in [0.29, 0.717) is 5.56 Å². The number of fused-ring (bicyclic) bond motifs is 3. The first-order chi connectivity index (χ1) is 14.1. The predicted molar refractivity (Wildman–Crippen MR) is 110 cm³/mol. The van der Waals surface area contributed by atoms with Crippen LogP contribution >= 0.6 is 0 Å². The molecule has 5 rings (SSSR count). The molecule has 0 saturated carbocycles. The van der Waals surface area contributed by atoms with Crippen LogP contribution in [0.1, 0.15) is 40.9 Å². The topological polar surface area (TPSA) is 68.0 Å². The number of nitro groups is 1. The normalized spacial score (nSPS) is 19.8. The molecular weight excluding hydrogens is 366 g/mol. The van der Waals surface area contributed by atoms with Crippen molar-refractivity contribution in [2.24, 2.45) is 5.10 Å². The minimum absolute atomic E-state index is 0.0283. The van der Waals surface area contributed by atoms with Crippen molar-refractivity contribution >= 4 is 11.4 Å². The lowest BCUT2D eigenvalue weighted by molar-refractivity contribution is -0.385. The van der Waals surface area contributed by atoms with Crippen LogP contribution in [0, 0.1) is 17.0 Å². The number of ether oxygens (including phenoxy) is 1. The molecule has 0 bridgehead atoms.